The van der Waals surface area contributed by atoms with Crippen LogP contribution in [0.1, 0.15) is 5.56 Å². The molecule has 2 aromatic carbocycles. The first-order valence-corrected chi connectivity index (χ1v) is 11.1. The van der Waals surface area contributed by atoms with Gasteiger partial charge in [0, 0.05) is 37.4 Å². The van der Waals surface area contributed by atoms with Crippen LogP contribution in [-0.2, 0) is 6.61 Å². The molecule has 2 N–H and O–H groups in total. The summed E-state index contributed by atoms with van der Waals surface area (Å²) in [6.45, 7) is 4.39. The lowest BCUT2D eigenvalue weighted by Gasteiger charge is -2.34. The predicted molar refractivity (Wildman–Crippen MR) is 132 cm³/mol. The van der Waals surface area contributed by atoms with Crippen LogP contribution >= 0.6 is 0 Å². The Balaban J connectivity index is 1.49. The number of anilines is 2. The van der Waals surface area contributed by atoms with E-state index in [0.717, 1.165) is 37.3 Å². The van der Waals surface area contributed by atoms with Crippen LogP contribution < -0.4 is 29.6 Å². The molecule has 1 aromatic heterocycles. The molecule has 1 aliphatic rings. The molecule has 3 aromatic rings. The molecule has 0 bridgehead atoms. The highest BCUT2D eigenvalue weighted by atomic mass is 16.5. The zero-order valence-corrected chi connectivity index (χ0v) is 20.1. The first-order chi connectivity index (χ1) is 16.5. The third kappa shape index (κ3) is 5.09. The van der Waals surface area contributed by atoms with Crippen LogP contribution in [0.4, 0.5) is 11.5 Å². The second-order valence-corrected chi connectivity index (χ2v) is 8.11. The van der Waals surface area contributed by atoms with E-state index in [2.05, 4.69) is 51.1 Å². The summed E-state index contributed by atoms with van der Waals surface area (Å²) in [7, 11) is 6.87. The van der Waals surface area contributed by atoms with Crippen molar-refractivity contribution in [2.45, 2.75) is 6.61 Å². The summed E-state index contributed by atoms with van der Waals surface area (Å²) < 4.78 is 22.1. The number of hydrogen-bond donors (Lipinski definition) is 1. The minimum atomic E-state index is 0.210. The topological polar surface area (TPSA) is 95.2 Å². The van der Waals surface area contributed by atoms with Gasteiger partial charge in [0.25, 0.3) is 5.88 Å². The smallest absolute Gasteiger partial charge is 0.258 e. The molecule has 1 fully saturated rings. The van der Waals surface area contributed by atoms with E-state index in [1.165, 1.54) is 5.69 Å². The summed E-state index contributed by atoms with van der Waals surface area (Å²) in [5.41, 5.74) is 9.71. The van der Waals surface area contributed by atoms with Gasteiger partial charge < -0.3 is 34.5 Å². The predicted octanol–water partition coefficient (Wildman–Crippen LogP) is 3.08. The van der Waals surface area contributed by atoms with Crippen molar-refractivity contribution in [2.24, 2.45) is 0 Å². The molecule has 0 spiro atoms. The summed E-state index contributed by atoms with van der Waals surface area (Å²) in [4.78, 5) is 13.6. The van der Waals surface area contributed by atoms with Crippen molar-refractivity contribution in [3.8, 4) is 34.4 Å². The SMILES string of the molecule is COc1cc(COc2nc(-c3ccc(N4CCN(C)CC4)cc3)cnc2N)cc(OC)c1OC. The maximum atomic E-state index is 6.04. The minimum Gasteiger partial charge on any atom is -0.493 e. The fourth-order valence-corrected chi connectivity index (χ4v) is 3.90. The Morgan fingerprint density at radius 1 is 0.912 bits per heavy atom. The van der Waals surface area contributed by atoms with Crippen LogP contribution in [-0.4, -0.2) is 69.4 Å². The molecule has 34 heavy (non-hydrogen) atoms. The van der Waals surface area contributed by atoms with Gasteiger partial charge in [0.15, 0.2) is 17.3 Å². The van der Waals surface area contributed by atoms with Crippen molar-refractivity contribution in [1.29, 1.82) is 0 Å². The number of methoxy groups -OCH3 is 3. The van der Waals surface area contributed by atoms with E-state index in [4.69, 9.17) is 24.7 Å². The highest BCUT2D eigenvalue weighted by molar-refractivity contribution is 5.64. The standard InChI is InChI=1S/C25H31N5O4/c1-29-9-11-30(12-10-29)19-7-5-18(6-8-19)20-15-27-24(26)25(28-20)34-16-17-13-21(31-2)23(33-4)22(14-17)32-3/h5-8,13-15H,9-12,16H2,1-4H3,(H2,26,27). The average molecular weight is 466 g/mol. The van der Waals surface area contributed by atoms with Crippen molar-refractivity contribution in [3.63, 3.8) is 0 Å². The van der Waals surface area contributed by atoms with E-state index in [9.17, 15) is 0 Å². The van der Waals surface area contributed by atoms with Gasteiger partial charge in [-0.05, 0) is 36.9 Å². The van der Waals surface area contributed by atoms with Gasteiger partial charge in [-0.15, -0.1) is 0 Å². The Morgan fingerprint density at radius 2 is 1.56 bits per heavy atom. The maximum Gasteiger partial charge on any atom is 0.258 e. The largest absolute Gasteiger partial charge is 0.493 e. The van der Waals surface area contributed by atoms with Crippen LogP contribution in [0.5, 0.6) is 23.1 Å². The molecule has 0 amide bonds. The second kappa shape index (κ2) is 10.5. The van der Waals surface area contributed by atoms with Crippen LogP contribution in [0.3, 0.4) is 0 Å². The lowest BCUT2D eigenvalue weighted by atomic mass is 10.1. The molecule has 0 radical (unpaired) electrons. The second-order valence-electron chi connectivity index (χ2n) is 8.11. The fraction of sp³-hybridized carbons (Fsp3) is 0.360. The number of rotatable bonds is 8. The molecular weight excluding hydrogens is 434 g/mol. The summed E-state index contributed by atoms with van der Waals surface area (Å²) in [6, 6.07) is 12.0. The molecule has 180 valence electrons. The lowest BCUT2D eigenvalue weighted by Crippen LogP contribution is -2.44. The molecular formula is C25H31N5O4. The first kappa shape index (κ1) is 23.4. The van der Waals surface area contributed by atoms with Crippen LogP contribution in [0.15, 0.2) is 42.6 Å². The van der Waals surface area contributed by atoms with Gasteiger partial charge in [0.1, 0.15) is 6.61 Å². The summed E-state index contributed by atoms with van der Waals surface area (Å²) >= 11 is 0. The zero-order chi connectivity index (χ0) is 24.1. The van der Waals surface area contributed by atoms with Crippen LogP contribution in [0.2, 0.25) is 0 Å². The van der Waals surface area contributed by atoms with E-state index in [-0.39, 0.29) is 18.3 Å². The van der Waals surface area contributed by atoms with Gasteiger partial charge in [0.05, 0.1) is 33.2 Å². The number of benzene rings is 2. The Morgan fingerprint density at radius 3 is 2.15 bits per heavy atom. The molecule has 1 aliphatic heterocycles. The normalized spacial score (nSPS) is 14.1. The van der Waals surface area contributed by atoms with Crippen molar-refractivity contribution in [1.82, 2.24) is 14.9 Å². The highest BCUT2D eigenvalue weighted by Crippen LogP contribution is 2.38. The molecule has 4 rings (SSSR count). The number of piperazine rings is 1. The molecule has 9 nitrogen and oxygen atoms in total. The highest BCUT2D eigenvalue weighted by Gasteiger charge is 2.16. The monoisotopic (exact) mass is 465 g/mol. The molecule has 0 aliphatic carbocycles. The van der Waals surface area contributed by atoms with Crippen molar-refractivity contribution in [2.75, 3.05) is 65.2 Å². The first-order valence-electron chi connectivity index (χ1n) is 11.1. The Kier molecular flexibility index (Phi) is 7.22. The zero-order valence-electron chi connectivity index (χ0n) is 20.1. The van der Waals surface area contributed by atoms with Gasteiger partial charge in [-0.3, -0.25) is 0 Å². The van der Waals surface area contributed by atoms with Crippen molar-refractivity contribution in [3.05, 3.63) is 48.2 Å². The number of aromatic nitrogens is 2. The van der Waals surface area contributed by atoms with E-state index in [0.29, 0.717) is 22.9 Å². The number of ether oxygens (including phenoxy) is 4. The van der Waals surface area contributed by atoms with Crippen LogP contribution in [0.25, 0.3) is 11.3 Å². The van der Waals surface area contributed by atoms with E-state index in [1.807, 2.05) is 12.1 Å². The van der Waals surface area contributed by atoms with E-state index < -0.39 is 0 Å². The number of nitrogens with two attached hydrogens (primary N) is 1. The number of hydrogen-bond acceptors (Lipinski definition) is 9. The minimum absolute atomic E-state index is 0.210. The van der Waals surface area contributed by atoms with E-state index in [1.54, 1.807) is 27.5 Å². The molecule has 9 heteroatoms. The summed E-state index contributed by atoms with van der Waals surface area (Å²) in [5, 5.41) is 0. The molecule has 0 atom stereocenters. The maximum absolute atomic E-state index is 6.04. The molecule has 2 heterocycles. The Bertz CT molecular complexity index is 1090. The van der Waals surface area contributed by atoms with Gasteiger partial charge in [-0.2, -0.15) is 0 Å². The molecule has 1 saturated heterocycles. The van der Waals surface area contributed by atoms with Gasteiger partial charge in [-0.1, -0.05) is 12.1 Å². The quantitative estimate of drug-likeness (QED) is 0.538. The van der Waals surface area contributed by atoms with Crippen molar-refractivity contribution < 1.29 is 18.9 Å². The third-order valence-corrected chi connectivity index (χ3v) is 5.90. The van der Waals surface area contributed by atoms with Gasteiger partial charge >= 0.3 is 0 Å². The average Bonchev–Trinajstić information content (AvgIpc) is 2.88. The fourth-order valence-electron chi connectivity index (χ4n) is 3.90. The Labute approximate surface area is 200 Å². The number of nitrogen functional groups attached to an aromatic ring is 1. The number of likely N-dealkylation sites (N-methyl/N-ethyl adjacent to an activating group) is 1. The summed E-state index contributed by atoms with van der Waals surface area (Å²) in [5.74, 6) is 2.12. The van der Waals surface area contributed by atoms with E-state index >= 15 is 0 Å². The molecule has 0 saturated carbocycles. The number of nitrogens with zero attached hydrogens (tertiary/aromatic N) is 4. The Hall–Kier alpha value is -3.72. The molecule has 0 unspecified atom stereocenters. The summed E-state index contributed by atoms with van der Waals surface area (Å²) in [6.07, 6.45) is 1.66. The van der Waals surface area contributed by atoms with Crippen molar-refractivity contribution >= 4 is 11.5 Å². The van der Waals surface area contributed by atoms with Gasteiger partial charge in [-0.25, -0.2) is 9.97 Å². The lowest BCUT2D eigenvalue weighted by molar-refractivity contribution is 0.289. The van der Waals surface area contributed by atoms with Gasteiger partial charge in [0.2, 0.25) is 5.75 Å². The third-order valence-electron chi connectivity index (χ3n) is 5.90. The van der Waals surface area contributed by atoms with Crippen LogP contribution in [0, 0.1) is 0 Å².